The van der Waals surface area contributed by atoms with Gasteiger partial charge in [0.2, 0.25) is 10.0 Å². The van der Waals surface area contributed by atoms with Gasteiger partial charge in [-0.05, 0) is 43.7 Å². The van der Waals surface area contributed by atoms with Gasteiger partial charge in [0.25, 0.3) is 0 Å². The molecule has 0 unspecified atom stereocenters. The molecule has 0 atom stereocenters. The minimum absolute atomic E-state index is 0. The maximum atomic E-state index is 12.4. The molecule has 0 saturated heterocycles. The molecule has 7 nitrogen and oxygen atoms in total. The number of anilines is 1. The number of halogens is 1. The second kappa shape index (κ2) is 9.83. The van der Waals surface area contributed by atoms with Gasteiger partial charge in [0.05, 0.1) is 11.4 Å². The number of aromatic nitrogens is 1. The van der Waals surface area contributed by atoms with Crippen molar-refractivity contribution >= 4 is 45.8 Å². The Morgan fingerprint density at radius 3 is 2.42 bits per heavy atom. The summed E-state index contributed by atoms with van der Waals surface area (Å²) in [6.07, 6.45) is 1.66. The number of benzene rings is 1. The molecule has 2 rings (SSSR count). The first-order chi connectivity index (χ1) is 11.8. The summed E-state index contributed by atoms with van der Waals surface area (Å²) in [5, 5.41) is 2.89. The second-order valence-electron chi connectivity index (χ2n) is 5.80. The van der Waals surface area contributed by atoms with Crippen molar-refractivity contribution in [2.45, 2.75) is 31.3 Å². The number of nitrogens with two attached hydrogens (primary N) is 1. The molecule has 0 aliphatic rings. The molecule has 0 aliphatic heterocycles. The van der Waals surface area contributed by atoms with E-state index in [2.05, 4.69) is 15.3 Å². The zero-order chi connectivity index (χ0) is 18.4. The average Bonchev–Trinajstić information content (AvgIpc) is 2.60. The summed E-state index contributed by atoms with van der Waals surface area (Å²) in [4.78, 5) is 8.59. The molecule has 0 spiro atoms. The number of hydrogen-bond donors (Lipinski definition) is 2. The third-order valence-electron chi connectivity index (χ3n) is 3.68. The smallest absolute Gasteiger partial charge is 0.243 e. The van der Waals surface area contributed by atoms with Gasteiger partial charge in [-0.15, -0.1) is 24.0 Å². The number of nitrogens with zero attached hydrogens (tertiary/aromatic N) is 3. The van der Waals surface area contributed by atoms with Crippen molar-refractivity contribution in [3.63, 3.8) is 0 Å². The van der Waals surface area contributed by atoms with Gasteiger partial charge in [0.1, 0.15) is 5.82 Å². The van der Waals surface area contributed by atoms with Gasteiger partial charge < -0.3 is 11.1 Å². The van der Waals surface area contributed by atoms with Crippen LogP contribution in [0.3, 0.4) is 0 Å². The molecule has 0 radical (unpaired) electrons. The fourth-order valence-corrected chi connectivity index (χ4v) is 3.36. The lowest BCUT2D eigenvalue weighted by Gasteiger charge is -2.21. The topological polar surface area (TPSA) is 101 Å². The minimum atomic E-state index is -3.47. The maximum Gasteiger partial charge on any atom is 0.243 e. The Bertz CT molecular complexity index is 824. The van der Waals surface area contributed by atoms with Crippen LogP contribution in [0.25, 0.3) is 0 Å². The van der Waals surface area contributed by atoms with Crippen LogP contribution in [-0.4, -0.2) is 36.8 Å². The molecule has 1 heterocycles. The number of aliphatic imine (C=N–C) groups is 1. The highest BCUT2D eigenvalue weighted by Gasteiger charge is 2.22. The first-order valence-corrected chi connectivity index (χ1v) is 9.29. The van der Waals surface area contributed by atoms with Crippen LogP contribution in [0.1, 0.15) is 19.4 Å². The van der Waals surface area contributed by atoms with E-state index in [0.717, 1.165) is 5.56 Å². The maximum absolute atomic E-state index is 12.4. The third-order valence-corrected chi connectivity index (χ3v) is 5.73. The van der Waals surface area contributed by atoms with E-state index in [1.165, 1.54) is 4.31 Å². The largest absolute Gasteiger partial charge is 0.370 e. The molecule has 9 heteroatoms. The van der Waals surface area contributed by atoms with Crippen LogP contribution in [0.4, 0.5) is 5.82 Å². The third kappa shape index (κ3) is 5.92. The molecule has 0 amide bonds. The van der Waals surface area contributed by atoms with Crippen LogP contribution in [0, 0.1) is 0 Å². The summed E-state index contributed by atoms with van der Waals surface area (Å²) in [6, 6.07) is 12.0. The van der Waals surface area contributed by atoms with E-state index in [9.17, 15) is 8.42 Å². The highest BCUT2D eigenvalue weighted by atomic mass is 127. The average molecular weight is 489 g/mol. The first kappa shape index (κ1) is 22.3. The lowest BCUT2D eigenvalue weighted by atomic mass is 10.2. The fraction of sp³-hybridized carbons (Fsp3) is 0.294. The fourth-order valence-electron chi connectivity index (χ4n) is 1.99. The van der Waals surface area contributed by atoms with Crippen molar-refractivity contribution in [2.75, 3.05) is 12.4 Å². The summed E-state index contributed by atoms with van der Waals surface area (Å²) in [7, 11) is -1.90. The van der Waals surface area contributed by atoms with Crippen molar-refractivity contribution in [1.29, 1.82) is 0 Å². The van der Waals surface area contributed by atoms with Crippen LogP contribution in [0.15, 0.2) is 58.5 Å². The molecule has 1 aromatic carbocycles. The predicted molar refractivity (Wildman–Crippen MR) is 115 cm³/mol. The van der Waals surface area contributed by atoms with Gasteiger partial charge >= 0.3 is 0 Å². The molecular formula is C17H24IN5O2S. The molecule has 0 fully saturated rings. The van der Waals surface area contributed by atoms with Crippen molar-refractivity contribution in [2.24, 2.45) is 10.7 Å². The van der Waals surface area contributed by atoms with E-state index in [1.807, 2.05) is 26.0 Å². The van der Waals surface area contributed by atoms with Crippen molar-refractivity contribution in [3.05, 3.63) is 54.2 Å². The quantitative estimate of drug-likeness (QED) is 0.369. The highest BCUT2D eigenvalue weighted by molar-refractivity contribution is 14.0. The standard InChI is InChI=1S/C17H23N5O2S.HI/c1-13(2)22(3)25(23,24)15-9-7-14(8-10-15)12-20-17(18)21-16-6-4-5-11-19-16;/h4-11,13H,12H2,1-3H3,(H3,18,19,20,21);1H. The summed E-state index contributed by atoms with van der Waals surface area (Å²) >= 11 is 0. The molecule has 0 aliphatic carbocycles. The van der Waals surface area contributed by atoms with E-state index in [-0.39, 0.29) is 40.9 Å². The van der Waals surface area contributed by atoms with Gasteiger partial charge in [-0.2, -0.15) is 4.31 Å². The van der Waals surface area contributed by atoms with E-state index in [4.69, 9.17) is 5.73 Å². The summed E-state index contributed by atoms with van der Waals surface area (Å²) in [5.74, 6) is 0.858. The van der Waals surface area contributed by atoms with Crippen molar-refractivity contribution in [3.8, 4) is 0 Å². The van der Waals surface area contributed by atoms with Crippen LogP contribution < -0.4 is 11.1 Å². The highest BCUT2D eigenvalue weighted by Crippen LogP contribution is 2.17. The molecule has 0 bridgehead atoms. The Morgan fingerprint density at radius 2 is 1.88 bits per heavy atom. The molecule has 0 saturated carbocycles. The van der Waals surface area contributed by atoms with E-state index < -0.39 is 10.0 Å². The molecular weight excluding hydrogens is 465 g/mol. The Labute approximate surface area is 171 Å². The number of guanidine groups is 1. The number of hydrogen-bond acceptors (Lipinski definition) is 4. The zero-order valence-electron chi connectivity index (χ0n) is 15.0. The second-order valence-corrected chi connectivity index (χ2v) is 7.80. The Balaban J connectivity index is 0.00000338. The lowest BCUT2D eigenvalue weighted by molar-refractivity contribution is 0.410. The molecule has 2 aromatic rings. The van der Waals surface area contributed by atoms with Gasteiger partial charge in [0, 0.05) is 19.3 Å². The summed E-state index contributed by atoms with van der Waals surface area (Å²) in [6.45, 7) is 4.00. The summed E-state index contributed by atoms with van der Waals surface area (Å²) in [5.41, 5.74) is 6.68. The predicted octanol–water partition coefficient (Wildman–Crippen LogP) is 2.66. The van der Waals surface area contributed by atoms with Gasteiger partial charge in [0.15, 0.2) is 5.96 Å². The SMILES string of the molecule is CC(C)N(C)S(=O)(=O)c1ccc(CN=C(N)Nc2ccccn2)cc1.I. The van der Waals surface area contributed by atoms with E-state index >= 15 is 0 Å². The van der Waals surface area contributed by atoms with Crippen LogP contribution in [0.5, 0.6) is 0 Å². The molecule has 1 aromatic heterocycles. The van der Waals surface area contributed by atoms with E-state index in [0.29, 0.717) is 12.4 Å². The van der Waals surface area contributed by atoms with Crippen LogP contribution in [-0.2, 0) is 16.6 Å². The normalized spacial score (nSPS) is 12.1. The Morgan fingerprint density at radius 1 is 1.23 bits per heavy atom. The zero-order valence-corrected chi connectivity index (χ0v) is 18.1. The minimum Gasteiger partial charge on any atom is -0.370 e. The Kier molecular flexibility index (Phi) is 8.44. The number of sulfonamides is 1. The molecule has 3 N–H and O–H groups in total. The van der Waals surface area contributed by atoms with Gasteiger partial charge in [-0.25, -0.2) is 18.4 Å². The first-order valence-electron chi connectivity index (χ1n) is 7.85. The lowest BCUT2D eigenvalue weighted by Crippen LogP contribution is -2.33. The monoisotopic (exact) mass is 489 g/mol. The van der Waals surface area contributed by atoms with Crippen LogP contribution in [0.2, 0.25) is 0 Å². The van der Waals surface area contributed by atoms with Crippen molar-refractivity contribution in [1.82, 2.24) is 9.29 Å². The number of nitrogens with one attached hydrogen (secondary N) is 1. The van der Waals surface area contributed by atoms with Crippen LogP contribution >= 0.6 is 24.0 Å². The van der Waals surface area contributed by atoms with Crippen molar-refractivity contribution < 1.29 is 8.42 Å². The molecule has 142 valence electrons. The number of pyridine rings is 1. The molecule has 26 heavy (non-hydrogen) atoms. The number of rotatable bonds is 6. The van der Waals surface area contributed by atoms with Gasteiger partial charge in [-0.3, -0.25) is 0 Å². The van der Waals surface area contributed by atoms with Gasteiger partial charge in [-0.1, -0.05) is 18.2 Å². The Hall–Kier alpha value is -1.72. The summed E-state index contributed by atoms with van der Waals surface area (Å²) < 4.78 is 26.2. The van der Waals surface area contributed by atoms with E-state index in [1.54, 1.807) is 43.6 Å².